The molecule has 25 heavy (non-hydrogen) atoms. The van der Waals surface area contributed by atoms with Crippen molar-refractivity contribution in [2.75, 3.05) is 26.7 Å². The standard InChI is InChI=1S/C20H26N2O2.ClH/c1-3-15-6-8-17(9-7-15)18-10-11-19(24-18)20(23)22-12-4-5-16(14-22)13-21-2;/h6-11,16,21H,3-5,12-14H2,1-2H3;1H. The van der Waals surface area contributed by atoms with Gasteiger partial charge in [-0.05, 0) is 56.5 Å². The Labute approximate surface area is 156 Å². The topological polar surface area (TPSA) is 45.5 Å². The van der Waals surface area contributed by atoms with E-state index in [0.29, 0.717) is 11.7 Å². The lowest BCUT2D eigenvalue weighted by molar-refractivity contribution is 0.0643. The first-order valence-electron chi connectivity index (χ1n) is 8.84. The fourth-order valence-corrected chi connectivity index (χ4v) is 3.37. The SMILES string of the molecule is CCc1ccc(-c2ccc(C(=O)N3CCCC(CNC)C3)o2)cc1.Cl. The molecule has 1 fully saturated rings. The van der Waals surface area contributed by atoms with Gasteiger partial charge < -0.3 is 14.6 Å². The molecule has 2 heterocycles. The second-order valence-electron chi connectivity index (χ2n) is 6.53. The summed E-state index contributed by atoms with van der Waals surface area (Å²) in [6, 6.07) is 12.0. The lowest BCUT2D eigenvalue weighted by Gasteiger charge is -2.32. The highest BCUT2D eigenvalue weighted by molar-refractivity contribution is 5.92. The molecule has 0 spiro atoms. The molecule has 1 N–H and O–H groups in total. The molecule has 136 valence electrons. The normalized spacial score (nSPS) is 17.2. The van der Waals surface area contributed by atoms with Crippen molar-refractivity contribution >= 4 is 18.3 Å². The molecule has 1 unspecified atom stereocenters. The summed E-state index contributed by atoms with van der Waals surface area (Å²) in [6.45, 7) is 4.72. The molecule has 5 heteroatoms. The third-order valence-electron chi connectivity index (χ3n) is 4.76. The van der Waals surface area contributed by atoms with Crippen molar-refractivity contribution in [3.8, 4) is 11.3 Å². The highest BCUT2D eigenvalue weighted by Gasteiger charge is 2.26. The van der Waals surface area contributed by atoms with Gasteiger partial charge in [-0.2, -0.15) is 0 Å². The second-order valence-corrected chi connectivity index (χ2v) is 6.53. The minimum absolute atomic E-state index is 0. The number of halogens is 1. The number of carbonyl (C=O) groups excluding carboxylic acids is 1. The van der Waals surface area contributed by atoms with Crippen LogP contribution in [0, 0.1) is 5.92 Å². The molecule has 1 amide bonds. The number of nitrogens with one attached hydrogen (secondary N) is 1. The summed E-state index contributed by atoms with van der Waals surface area (Å²) in [5.74, 6) is 1.73. The Morgan fingerprint density at radius 3 is 2.68 bits per heavy atom. The molecule has 0 aliphatic carbocycles. The summed E-state index contributed by atoms with van der Waals surface area (Å²) in [5.41, 5.74) is 2.31. The van der Waals surface area contributed by atoms with E-state index >= 15 is 0 Å². The van der Waals surface area contributed by atoms with Gasteiger partial charge in [0, 0.05) is 18.7 Å². The predicted molar refractivity (Wildman–Crippen MR) is 103 cm³/mol. The number of aryl methyl sites for hydroxylation is 1. The van der Waals surface area contributed by atoms with E-state index in [1.165, 1.54) is 12.0 Å². The average molecular weight is 363 g/mol. The monoisotopic (exact) mass is 362 g/mol. The molecule has 0 bridgehead atoms. The number of nitrogens with zero attached hydrogens (tertiary/aromatic N) is 1. The minimum Gasteiger partial charge on any atom is -0.451 e. The van der Waals surface area contributed by atoms with Crippen LogP contribution in [0.2, 0.25) is 0 Å². The van der Waals surface area contributed by atoms with Crippen LogP contribution in [0.5, 0.6) is 0 Å². The van der Waals surface area contributed by atoms with Gasteiger partial charge in [-0.25, -0.2) is 0 Å². The van der Waals surface area contributed by atoms with Crippen molar-refractivity contribution in [2.24, 2.45) is 5.92 Å². The van der Waals surface area contributed by atoms with E-state index in [1.54, 1.807) is 6.07 Å². The molecule has 2 aromatic rings. The number of amides is 1. The highest BCUT2D eigenvalue weighted by Crippen LogP contribution is 2.25. The first kappa shape index (κ1) is 19.5. The zero-order chi connectivity index (χ0) is 16.9. The lowest BCUT2D eigenvalue weighted by Crippen LogP contribution is -2.42. The fourth-order valence-electron chi connectivity index (χ4n) is 3.37. The van der Waals surface area contributed by atoms with Crippen molar-refractivity contribution in [1.82, 2.24) is 10.2 Å². The van der Waals surface area contributed by atoms with Crippen molar-refractivity contribution < 1.29 is 9.21 Å². The van der Waals surface area contributed by atoms with Gasteiger partial charge in [0.2, 0.25) is 0 Å². The van der Waals surface area contributed by atoms with Crippen LogP contribution >= 0.6 is 12.4 Å². The Balaban J connectivity index is 0.00000225. The van der Waals surface area contributed by atoms with E-state index in [1.807, 2.05) is 18.0 Å². The van der Waals surface area contributed by atoms with E-state index in [9.17, 15) is 4.79 Å². The first-order chi connectivity index (χ1) is 11.7. The number of carbonyl (C=O) groups is 1. The lowest BCUT2D eigenvalue weighted by atomic mass is 9.98. The van der Waals surface area contributed by atoms with Crippen LogP contribution in [0.4, 0.5) is 0 Å². The zero-order valence-corrected chi connectivity index (χ0v) is 15.8. The molecule has 1 atom stereocenters. The molecule has 1 aromatic carbocycles. The largest absolute Gasteiger partial charge is 0.451 e. The quantitative estimate of drug-likeness (QED) is 0.874. The van der Waals surface area contributed by atoms with Crippen LogP contribution < -0.4 is 5.32 Å². The molecule has 1 aliphatic heterocycles. The van der Waals surface area contributed by atoms with Crippen molar-refractivity contribution in [3.05, 3.63) is 47.7 Å². The highest BCUT2D eigenvalue weighted by atomic mass is 35.5. The second kappa shape index (κ2) is 9.07. The zero-order valence-electron chi connectivity index (χ0n) is 15.0. The molecule has 1 aliphatic rings. The van der Waals surface area contributed by atoms with Gasteiger partial charge in [0.25, 0.3) is 5.91 Å². The summed E-state index contributed by atoms with van der Waals surface area (Å²) in [4.78, 5) is 14.6. The van der Waals surface area contributed by atoms with E-state index in [0.717, 1.165) is 43.8 Å². The van der Waals surface area contributed by atoms with Crippen LogP contribution in [0.25, 0.3) is 11.3 Å². The molecular formula is C20H27ClN2O2. The smallest absolute Gasteiger partial charge is 0.289 e. The van der Waals surface area contributed by atoms with Gasteiger partial charge in [-0.1, -0.05) is 31.2 Å². The Morgan fingerprint density at radius 2 is 2.00 bits per heavy atom. The molecule has 1 aromatic heterocycles. The van der Waals surface area contributed by atoms with E-state index in [2.05, 4.69) is 36.5 Å². The summed E-state index contributed by atoms with van der Waals surface area (Å²) in [5, 5.41) is 3.21. The third kappa shape index (κ3) is 4.65. The van der Waals surface area contributed by atoms with Gasteiger partial charge in [0.1, 0.15) is 5.76 Å². The van der Waals surface area contributed by atoms with Crippen LogP contribution in [0.1, 0.15) is 35.9 Å². The van der Waals surface area contributed by atoms with Gasteiger partial charge in [-0.3, -0.25) is 4.79 Å². The van der Waals surface area contributed by atoms with Crippen molar-refractivity contribution in [1.29, 1.82) is 0 Å². The summed E-state index contributed by atoms with van der Waals surface area (Å²) in [6.07, 6.45) is 3.26. The summed E-state index contributed by atoms with van der Waals surface area (Å²) < 4.78 is 5.85. The predicted octanol–water partition coefficient (Wildman–Crippen LogP) is 4.00. The number of rotatable bonds is 5. The Morgan fingerprint density at radius 1 is 1.24 bits per heavy atom. The molecule has 0 radical (unpaired) electrons. The number of hydrogen-bond donors (Lipinski definition) is 1. The van der Waals surface area contributed by atoms with Gasteiger partial charge in [0.15, 0.2) is 5.76 Å². The first-order valence-corrected chi connectivity index (χ1v) is 8.84. The molecule has 0 saturated carbocycles. The summed E-state index contributed by atoms with van der Waals surface area (Å²) in [7, 11) is 1.96. The minimum atomic E-state index is 0. The van der Waals surface area contributed by atoms with Crippen LogP contribution in [-0.4, -0.2) is 37.5 Å². The maximum atomic E-state index is 12.7. The van der Waals surface area contributed by atoms with Crippen LogP contribution in [-0.2, 0) is 6.42 Å². The molecule has 3 rings (SSSR count). The number of furan rings is 1. The Kier molecular flexibility index (Phi) is 7.09. The Bertz CT molecular complexity index is 679. The van der Waals surface area contributed by atoms with Gasteiger partial charge >= 0.3 is 0 Å². The van der Waals surface area contributed by atoms with E-state index in [4.69, 9.17) is 4.42 Å². The van der Waals surface area contributed by atoms with E-state index < -0.39 is 0 Å². The Hall–Kier alpha value is -1.78. The number of likely N-dealkylation sites (tertiary alicyclic amines) is 1. The van der Waals surface area contributed by atoms with Gasteiger partial charge in [-0.15, -0.1) is 12.4 Å². The van der Waals surface area contributed by atoms with Gasteiger partial charge in [0.05, 0.1) is 0 Å². The maximum Gasteiger partial charge on any atom is 0.289 e. The fraction of sp³-hybridized carbons (Fsp3) is 0.450. The number of piperidine rings is 1. The van der Waals surface area contributed by atoms with Crippen LogP contribution in [0.3, 0.4) is 0 Å². The van der Waals surface area contributed by atoms with Crippen LogP contribution in [0.15, 0.2) is 40.8 Å². The molecule has 1 saturated heterocycles. The van der Waals surface area contributed by atoms with Crippen molar-refractivity contribution in [2.45, 2.75) is 26.2 Å². The number of benzene rings is 1. The third-order valence-corrected chi connectivity index (χ3v) is 4.76. The summed E-state index contributed by atoms with van der Waals surface area (Å²) >= 11 is 0. The number of hydrogen-bond acceptors (Lipinski definition) is 3. The average Bonchev–Trinajstić information content (AvgIpc) is 3.12. The maximum absolute atomic E-state index is 12.7. The molecule has 4 nitrogen and oxygen atoms in total. The van der Waals surface area contributed by atoms with E-state index in [-0.39, 0.29) is 18.3 Å². The molecular weight excluding hydrogens is 336 g/mol. The van der Waals surface area contributed by atoms with Crippen molar-refractivity contribution in [3.63, 3.8) is 0 Å².